The number of benzene rings is 1. The van der Waals surface area contributed by atoms with Gasteiger partial charge in [-0.05, 0) is 37.3 Å². The second kappa shape index (κ2) is 7.85. The quantitative estimate of drug-likeness (QED) is 0.445. The summed E-state index contributed by atoms with van der Waals surface area (Å²) in [6, 6.07) is 3.34. The second-order valence-electron chi connectivity index (χ2n) is 6.89. The van der Waals surface area contributed by atoms with Gasteiger partial charge >= 0.3 is 7.82 Å². The number of phosphoric ester groups is 1. The minimum atomic E-state index is -4.41. The number of hydrogen-bond donors (Lipinski definition) is 3. The molecule has 3 heterocycles. The predicted octanol–water partition coefficient (Wildman–Crippen LogP) is 2.00. The molecule has 2 aromatic rings. The highest BCUT2D eigenvalue weighted by atomic mass is 32.1. The highest BCUT2D eigenvalue weighted by Crippen LogP contribution is 2.55. The van der Waals surface area contributed by atoms with Crippen LogP contribution in [0.25, 0.3) is 0 Å². The van der Waals surface area contributed by atoms with Gasteiger partial charge in [-0.3, -0.25) is 23.4 Å². The van der Waals surface area contributed by atoms with Crippen LogP contribution in [0.1, 0.15) is 18.7 Å². The lowest BCUT2D eigenvalue weighted by Gasteiger charge is -2.28. The van der Waals surface area contributed by atoms with Gasteiger partial charge in [0.15, 0.2) is 11.0 Å². The maximum absolute atomic E-state index is 15.4. The molecule has 1 saturated heterocycles. The molecule has 4 rings (SSSR count). The van der Waals surface area contributed by atoms with Gasteiger partial charge in [0.05, 0.1) is 7.98 Å². The first kappa shape index (κ1) is 20.9. The molecule has 2 aliphatic heterocycles. The van der Waals surface area contributed by atoms with Crippen LogP contribution in [0, 0.1) is 17.5 Å². The van der Waals surface area contributed by atoms with E-state index < -0.39 is 50.1 Å². The number of aliphatic hydroxyl groups excluding tert-OH is 2. The molecule has 0 bridgehead atoms. The first-order valence-electron chi connectivity index (χ1n) is 9.32. The van der Waals surface area contributed by atoms with Gasteiger partial charge in [-0.1, -0.05) is 0 Å². The van der Waals surface area contributed by atoms with E-state index in [4.69, 9.17) is 31.9 Å². The molecule has 1 aromatic heterocycles. The number of aryl methyl sites for hydroxylation is 1. The van der Waals surface area contributed by atoms with Crippen LogP contribution >= 0.6 is 20.0 Å². The standard InChI is InChI=1S/C17H17F2N2O8PS/c1-8-5-21(16(31)20-14(8)24)15-12(22)13(23)17(19,28-15)7-27-30(25)26-6-9-4-10(18)2-3-11(9)29-30/h2-5,12-13,15,22-23H,6-7H2,1H3,(H,20,24,31)/t12-,13+,15-,17-,30?/m1/s1/i15D. The molecule has 5 atom stereocenters. The van der Waals surface area contributed by atoms with Crippen molar-refractivity contribution >= 4 is 20.0 Å². The average Bonchev–Trinajstić information content (AvgIpc) is 2.91. The Bertz CT molecular complexity index is 1240. The Morgan fingerprint density at radius 2 is 2.26 bits per heavy atom. The normalized spacial score (nSPS) is 35.3. The third kappa shape index (κ3) is 4.10. The largest absolute Gasteiger partial charge is 0.530 e. The number of phosphoric acid groups is 1. The Hall–Kier alpha value is -1.99. The fourth-order valence-electron chi connectivity index (χ4n) is 2.98. The Kier molecular flexibility index (Phi) is 5.29. The molecule has 14 heteroatoms. The molecule has 3 N–H and O–H groups in total. The molecule has 31 heavy (non-hydrogen) atoms. The molecule has 1 unspecified atom stereocenters. The summed E-state index contributed by atoms with van der Waals surface area (Å²) in [5.74, 6) is -3.82. The van der Waals surface area contributed by atoms with Crippen molar-refractivity contribution in [3.05, 3.63) is 56.5 Å². The van der Waals surface area contributed by atoms with E-state index in [1.54, 1.807) is 0 Å². The van der Waals surface area contributed by atoms with Crippen LogP contribution < -0.4 is 10.1 Å². The highest BCUT2D eigenvalue weighted by Gasteiger charge is 2.57. The molecule has 0 radical (unpaired) electrons. The highest BCUT2D eigenvalue weighted by molar-refractivity contribution is 7.71. The number of nitrogens with one attached hydrogen (secondary N) is 1. The molecule has 1 fully saturated rings. The van der Waals surface area contributed by atoms with E-state index in [2.05, 4.69) is 4.98 Å². The van der Waals surface area contributed by atoms with Crippen molar-refractivity contribution in [2.75, 3.05) is 6.61 Å². The summed E-state index contributed by atoms with van der Waals surface area (Å²) in [5, 5.41) is 20.6. The van der Waals surface area contributed by atoms with Crippen molar-refractivity contribution in [1.82, 2.24) is 9.55 Å². The zero-order valence-corrected chi connectivity index (χ0v) is 17.5. The Labute approximate surface area is 180 Å². The number of alkyl halides is 1. The van der Waals surface area contributed by atoms with Gasteiger partial charge in [-0.15, -0.1) is 0 Å². The summed E-state index contributed by atoms with van der Waals surface area (Å²) in [6.45, 7) is -0.247. The van der Waals surface area contributed by atoms with Crippen LogP contribution in [0.15, 0.2) is 29.2 Å². The number of fused-ring (bicyclic) bond motifs is 1. The Balaban J connectivity index is 1.56. The number of rotatable bonds is 4. The predicted molar refractivity (Wildman–Crippen MR) is 102 cm³/mol. The number of halogens is 2. The molecule has 0 aliphatic carbocycles. The minimum absolute atomic E-state index is 0.00771. The van der Waals surface area contributed by atoms with Crippen molar-refractivity contribution in [2.45, 2.75) is 37.8 Å². The number of aromatic nitrogens is 2. The zero-order valence-electron chi connectivity index (χ0n) is 16.8. The molecular formula is C17H17F2N2O8PS. The number of ether oxygens (including phenoxy) is 1. The number of aromatic amines is 1. The van der Waals surface area contributed by atoms with E-state index in [-0.39, 0.29) is 28.3 Å². The minimum Gasteiger partial charge on any atom is -0.404 e. The molecule has 2 aliphatic rings. The third-order valence-corrected chi connectivity index (χ3v) is 6.27. The van der Waals surface area contributed by atoms with Gasteiger partial charge < -0.3 is 19.5 Å². The van der Waals surface area contributed by atoms with Crippen LogP contribution in [0.3, 0.4) is 0 Å². The van der Waals surface area contributed by atoms with E-state index in [0.717, 1.165) is 22.9 Å². The van der Waals surface area contributed by atoms with E-state index in [1.165, 1.54) is 13.0 Å². The fourth-order valence-corrected chi connectivity index (χ4v) is 4.44. The number of H-pyrrole nitrogens is 1. The van der Waals surface area contributed by atoms with Crippen LogP contribution in [0.2, 0.25) is 0 Å². The zero-order chi connectivity index (χ0) is 23.5. The summed E-state index contributed by atoms with van der Waals surface area (Å²) >= 11 is 4.96. The van der Waals surface area contributed by atoms with Gasteiger partial charge in [0.1, 0.15) is 30.4 Å². The third-order valence-electron chi connectivity index (χ3n) is 4.66. The van der Waals surface area contributed by atoms with E-state index in [0.29, 0.717) is 0 Å². The maximum Gasteiger partial charge on any atom is 0.530 e. The number of hydrogen-bond acceptors (Lipinski definition) is 9. The van der Waals surface area contributed by atoms with Gasteiger partial charge in [0.2, 0.25) is 0 Å². The van der Waals surface area contributed by atoms with Crippen LogP contribution in [-0.4, -0.2) is 44.4 Å². The summed E-state index contributed by atoms with van der Waals surface area (Å²) in [6.07, 6.45) is -6.17. The molecule has 0 amide bonds. The second-order valence-corrected chi connectivity index (χ2v) is 8.88. The summed E-state index contributed by atoms with van der Waals surface area (Å²) in [4.78, 5) is 13.9. The van der Waals surface area contributed by atoms with Gasteiger partial charge in [0.25, 0.3) is 11.4 Å². The van der Waals surface area contributed by atoms with Gasteiger partial charge in [-0.25, -0.2) is 13.3 Å². The Morgan fingerprint density at radius 3 is 3.00 bits per heavy atom. The van der Waals surface area contributed by atoms with Crippen molar-refractivity contribution in [3.63, 3.8) is 0 Å². The summed E-state index contributed by atoms with van der Waals surface area (Å²) in [7, 11) is -4.41. The van der Waals surface area contributed by atoms with Gasteiger partial charge in [0, 0.05) is 17.3 Å². The van der Waals surface area contributed by atoms with Crippen LogP contribution in [0.5, 0.6) is 5.75 Å². The van der Waals surface area contributed by atoms with Crippen molar-refractivity contribution < 1.29 is 43.2 Å². The van der Waals surface area contributed by atoms with Crippen molar-refractivity contribution in [2.24, 2.45) is 0 Å². The molecule has 0 saturated carbocycles. The van der Waals surface area contributed by atoms with Crippen molar-refractivity contribution in [1.29, 1.82) is 0 Å². The van der Waals surface area contributed by atoms with E-state index in [1.807, 2.05) is 0 Å². The molecule has 168 valence electrons. The lowest BCUT2D eigenvalue weighted by molar-refractivity contribution is -0.205. The van der Waals surface area contributed by atoms with Gasteiger partial charge in [-0.2, -0.15) is 0 Å². The Morgan fingerprint density at radius 1 is 1.52 bits per heavy atom. The first-order valence-corrected chi connectivity index (χ1v) is 10.7. The van der Waals surface area contributed by atoms with E-state index >= 15 is 4.39 Å². The topological polar surface area (TPSA) is 132 Å². The van der Waals surface area contributed by atoms with Crippen LogP contribution in [0.4, 0.5) is 8.78 Å². The molecular weight excluding hydrogens is 461 g/mol. The summed E-state index contributed by atoms with van der Waals surface area (Å²) < 4.78 is 70.2. The molecule has 1 aromatic carbocycles. The summed E-state index contributed by atoms with van der Waals surface area (Å²) in [5.41, 5.74) is -0.246. The van der Waals surface area contributed by atoms with Crippen molar-refractivity contribution in [3.8, 4) is 5.75 Å². The fraction of sp³-hybridized carbons (Fsp3) is 0.412. The average molecular weight is 479 g/mol. The maximum atomic E-state index is 15.4. The molecule has 0 spiro atoms. The van der Waals surface area contributed by atoms with E-state index in [9.17, 15) is 24.0 Å². The SMILES string of the molecule is [2H][C@@]1(n2cc(C)c(=O)[nH]c2=S)O[C@](F)(COP2(=O)OCc3cc(F)ccc3O2)[C@@H](O)[C@H]1O. The molecule has 10 nitrogen and oxygen atoms in total. The number of aliphatic hydroxyl groups is 2. The lowest BCUT2D eigenvalue weighted by atomic mass is 10.1. The first-order chi connectivity index (χ1) is 14.9. The van der Waals surface area contributed by atoms with Crippen LogP contribution in [-0.2, 0) is 25.0 Å². The lowest BCUT2D eigenvalue weighted by Crippen LogP contribution is -2.43. The number of nitrogens with zero attached hydrogens (tertiary/aromatic N) is 1. The smallest absolute Gasteiger partial charge is 0.404 e. The monoisotopic (exact) mass is 479 g/mol.